The second-order valence-corrected chi connectivity index (χ2v) is 5.67. The number of aromatic nitrogens is 2. The summed E-state index contributed by atoms with van der Waals surface area (Å²) in [4.78, 5) is 0. The molecule has 0 saturated carbocycles. The maximum atomic E-state index is 5.93. The first kappa shape index (κ1) is 12.1. The summed E-state index contributed by atoms with van der Waals surface area (Å²) in [6, 6.07) is 5.37. The fourth-order valence-corrected chi connectivity index (χ4v) is 2.39. The van der Waals surface area contributed by atoms with Crippen molar-refractivity contribution in [2.45, 2.75) is 12.3 Å². The van der Waals surface area contributed by atoms with Crippen molar-refractivity contribution < 1.29 is 0 Å². The minimum atomic E-state index is -0.131. The summed E-state index contributed by atoms with van der Waals surface area (Å²) in [6.07, 6.45) is 0. The van der Waals surface area contributed by atoms with Gasteiger partial charge in [-0.2, -0.15) is 0 Å². The van der Waals surface area contributed by atoms with Crippen LogP contribution in [-0.2, 0) is 0 Å². The molecule has 0 spiro atoms. The van der Waals surface area contributed by atoms with Crippen molar-refractivity contribution in [3.63, 3.8) is 0 Å². The molecular weight excluding hydrogens is 287 g/mol. The van der Waals surface area contributed by atoms with Gasteiger partial charge in [0.1, 0.15) is 10.0 Å². The van der Waals surface area contributed by atoms with Gasteiger partial charge in [0.25, 0.3) is 0 Å². The van der Waals surface area contributed by atoms with Gasteiger partial charge in [-0.3, -0.25) is 0 Å². The largest absolute Gasteiger partial charge is 0.147 e. The zero-order chi connectivity index (χ0) is 11.7. The molecule has 1 heterocycles. The molecule has 6 heteroatoms. The highest BCUT2D eigenvalue weighted by Crippen LogP contribution is 2.32. The molecule has 1 aromatic carbocycles. The van der Waals surface area contributed by atoms with Gasteiger partial charge in [-0.15, -0.1) is 21.8 Å². The molecule has 1 aromatic heterocycles. The van der Waals surface area contributed by atoms with E-state index in [1.165, 1.54) is 11.3 Å². The Morgan fingerprint density at radius 3 is 2.50 bits per heavy atom. The van der Waals surface area contributed by atoms with Crippen molar-refractivity contribution in [3.05, 3.63) is 33.3 Å². The lowest BCUT2D eigenvalue weighted by Crippen LogP contribution is -1.81. The van der Waals surface area contributed by atoms with Crippen LogP contribution in [0.2, 0.25) is 10.0 Å². The van der Waals surface area contributed by atoms with Crippen LogP contribution in [0.5, 0.6) is 0 Å². The molecule has 2 aromatic rings. The molecule has 0 amide bonds. The third kappa shape index (κ3) is 2.48. The van der Waals surface area contributed by atoms with Crippen molar-refractivity contribution >= 4 is 46.1 Å². The van der Waals surface area contributed by atoms with Gasteiger partial charge in [-0.05, 0) is 19.1 Å². The van der Waals surface area contributed by atoms with Gasteiger partial charge in [0.2, 0.25) is 0 Å². The van der Waals surface area contributed by atoms with Crippen molar-refractivity contribution in [1.29, 1.82) is 0 Å². The molecular formula is C10H7Cl3N2S. The molecule has 2 nitrogen and oxygen atoms in total. The summed E-state index contributed by atoms with van der Waals surface area (Å²) in [6.45, 7) is 1.86. The van der Waals surface area contributed by atoms with Crippen molar-refractivity contribution in [2.75, 3.05) is 0 Å². The molecule has 1 atom stereocenters. The third-order valence-electron chi connectivity index (χ3n) is 1.95. The van der Waals surface area contributed by atoms with Gasteiger partial charge >= 0.3 is 0 Å². The van der Waals surface area contributed by atoms with E-state index in [0.717, 1.165) is 15.6 Å². The second kappa shape index (κ2) is 4.88. The Labute approximate surface area is 112 Å². The Balaban J connectivity index is 2.39. The summed E-state index contributed by atoms with van der Waals surface area (Å²) < 4.78 is 0. The van der Waals surface area contributed by atoms with E-state index in [4.69, 9.17) is 34.8 Å². The molecule has 84 valence electrons. The van der Waals surface area contributed by atoms with Crippen LogP contribution in [0.3, 0.4) is 0 Å². The molecule has 0 aliphatic carbocycles. The Kier molecular flexibility index (Phi) is 3.70. The van der Waals surface area contributed by atoms with Crippen LogP contribution in [-0.4, -0.2) is 10.2 Å². The number of benzene rings is 1. The van der Waals surface area contributed by atoms with Crippen molar-refractivity contribution in [3.8, 4) is 10.6 Å². The highest BCUT2D eigenvalue weighted by Gasteiger charge is 2.11. The molecule has 0 aliphatic rings. The minimum Gasteiger partial charge on any atom is -0.142 e. The predicted molar refractivity (Wildman–Crippen MR) is 69.6 cm³/mol. The van der Waals surface area contributed by atoms with Crippen LogP contribution in [0.15, 0.2) is 18.2 Å². The maximum Gasteiger partial charge on any atom is 0.147 e. The van der Waals surface area contributed by atoms with Crippen LogP contribution < -0.4 is 0 Å². The lowest BCUT2D eigenvalue weighted by molar-refractivity contribution is 0.962. The van der Waals surface area contributed by atoms with E-state index in [0.29, 0.717) is 10.0 Å². The summed E-state index contributed by atoms with van der Waals surface area (Å²) in [5.74, 6) is 0. The molecule has 0 bridgehead atoms. The molecule has 1 unspecified atom stereocenters. The summed E-state index contributed by atoms with van der Waals surface area (Å²) in [5, 5.41) is 10.6. The SMILES string of the molecule is CC(Cl)c1nnc(-c2ccc(Cl)c(Cl)c2)s1. The van der Waals surface area contributed by atoms with E-state index in [1.54, 1.807) is 12.1 Å². The molecule has 2 rings (SSSR count). The Morgan fingerprint density at radius 1 is 1.19 bits per heavy atom. The first-order valence-corrected chi connectivity index (χ1v) is 6.51. The maximum absolute atomic E-state index is 5.93. The molecule has 16 heavy (non-hydrogen) atoms. The number of nitrogens with zero attached hydrogens (tertiary/aromatic N) is 2. The van der Waals surface area contributed by atoms with Crippen LogP contribution in [0.1, 0.15) is 17.3 Å². The van der Waals surface area contributed by atoms with E-state index in [9.17, 15) is 0 Å². The van der Waals surface area contributed by atoms with Crippen molar-refractivity contribution in [1.82, 2.24) is 10.2 Å². The highest BCUT2D eigenvalue weighted by atomic mass is 35.5. The summed E-state index contributed by atoms with van der Waals surface area (Å²) in [5.41, 5.74) is 0.899. The number of hydrogen-bond acceptors (Lipinski definition) is 3. The fraction of sp³-hybridized carbons (Fsp3) is 0.200. The molecule has 0 fully saturated rings. The monoisotopic (exact) mass is 292 g/mol. The Morgan fingerprint density at radius 2 is 1.94 bits per heavy atom. The highest BCUT2D eigenvalue weighted by molar-refractivity contribution is 7.15. The van der Waals surface area contributed by atoms with Gasteiger partial charge in [0, 0.05) is 5.56 Å². The standard InChI is InChI=1S/C10H7Cl3N2S/c1-5(11)9-14-15-10(16-9)6-2-3-7(12)8(13)4-6/h2-5H,1H3. The molecule has 0 N–H and O–H groups in total. The van der Waals surface area contributed by atoms with Crippen molar-refractivity contribution in [2.24, 2.45) is 0 Å². The Bertz CT molecular complexity index is 511. The average Bonchev–Trinajstić information content (AvgIpc) is 2.71. The smallest absolute Gasteiger partial charge is 0.142 e. The van der Waals surface area contributed by atoms with Crippen LogP contribution in [0.4, 0.5) is 0 Å². The topological polar surface area (TPSA) is 25.8 Å². The zero-order valence-corrected chi connectivity index (χ0v) is 11.3. The predicted octanol–water partition coefficient (Wildman–Crippen LogP) is 4.81. The van der Waals surface area contributed by atoms with Gasteiger partial charge in [0.05, 0.1) is 15.4 Å². The third-order valence-corrected chi connectivity index (χ3v) is 4.18. The number of alkyl halides is 1. The molecule has 0 saturated heterocycles. The van der Waals surface area contributed by atoms with E-state index < -0.39 is 0 Å². The number of halogens is 3. The normalized spacial score (nSPS) is 12.8. The average molecular weight is 294 g/mol. The lowest BCUT2D eigenvalue weighted by Gasteiger charge is -1.98. The van der Waals surface area contributed by atoms with E-state index in [-0.39, 0.29) is 5.38 Å². The first-order valence-electron chi connectivity index (χ1n) is 4.51. The van der Waals surface area contributed by atoms with Gasteiger partial charge in [-0.25, -0.2) is 0 Å². The van der Waals surface area contributed by atoms with Crippen LogP contribution >= 0.6 is 46.1 Å². The lowest BCUT2D eigenvalue weighted by atomic mass is 10.2. The van der Waals surface area contributed by atoms with Gasteiger partial charge in [0.15, 0.2) is 0 Å². The second-order valence-electron chi connectivity index (χ2n) is 3.19. The first-order chi connectivity index (χ1) is 7.58. The van der Waals surface area contributed by atoms with Gasteiger partial charge in [-0.1, -0.05) is 40.6 Å². The number of rotatable bonds is 2. The summed E-state index contributed by atoms with van der Waals surface area (Å²) >= 11 is 19.1. The minimum absolute atomic E-state index is 0.131. The molecule has 0 aliphatic heterocycles. The van der Waals surface area contributed by atoms with E-state index >= 15 is 0 Å². The summed E-state index contributed by atoms with van der Waals surface area (Å²) in [7, 11) is 0. The fourth-order valence-electron chi connectivity index (χ4n) is 1.14. The zero-order valence-electron chi connectivity index (χ0n) is 8.25. The Hall–Kier alpha value is -0.350. The quantitative estimate of drug-likeness (QED) is 0.742. The number of hydrogen-bond donors (Lipinski definition) is 0. The van der Waals surface area contributed by atoms with E-state index in [2.05, 4.69) is 10.2 Å². The van der Waals surface area contributed by atoms with Crippen LogP contribution in [0, 0.1) is 0 Å². The van der Waals surface area contributed by atoms with Gasteiger partial charge < -0.3 is 0 Å². The van der Waals surface area contributed by atoms with Crippen LogP contribution in [0.25, 0.3) is 10.6 Å². The molecule has 0 radical (unpaired) electrons. The van der Waals surface area contributed by atoms with E-state index in [1.807, 2.05) is 13.0 Å².